The minimum absolute atomic E-state index is 0.247. The maximum absolute atomic E-state index is 12.9. The second-order valence-corrected chi connectivity index (χ2v) is 8.49. The summed E-state index contributed by atoms with van der Waals surface area (Å²) in [6, 6.07) is 29.6. The number of carbonyl (C=O) groups is 1. The fraction of sp³-hybridized carbons (Fsp3) is 0.133. The van der Waals surface area contributed by atoms with Crippen molar-refractivity contribution in [3.63, 3.8) is 0 Å². The number of carbonyl (C=O) groups excluding carboxylic acids is 1. The Bertz CT molecular complexity index is 1720. The zero-order chi connectivity index (χ0) is 22.5. The van der Waals surface area contributed by atoms with Gasteiger partial charge in [-0.1, -0.05) is 84.9 Å². The summed E-state index contributed by atoms with van der Waals surface area (Å²) in [4.78, 5) is 18.1. The molecule has 0 spiro atoms. The van der Waals surface area contributed by atoms with Gasteiger partial charge in [-0.05, 0) is 40.8 Å². The molecule has 160 valence electrons. The first-order chi connectivity index (χ1) is 16.2. The van der Waals surface area contributed by atoms with Gasteiger partial charge in [-0.25, -0.2) is 0 Å². The van der Waals surface area contributed by atoms with Crippen LogP contribution in [0.4, 0.5) is 0 Å². The number of esters is 1. The normalized spacial score (nSPS) is 12.7. The number of nitrogens with zero attached hydrogens (tertiary/aromatic N) is 1. The summed E-state index contributed by atoms with van der Waals surface area (Å²) in [7, 11) is 0. The number of pyridine rings is 1. The molecule has 0 saturated heterocycles. The smallest absolute Gasteiger partial charge is 0.314 e. The number of benzene rings is 5. The number of hydrogen-bond acceptors (Lipinski definition) is 3. The highest BCUT2D eigenvalue weighted by molar-refractivity contribution is 6.33. The van der Waals surface area contributed by atoms with Crippen LogP contribution in [0.1, 0.15) is 25.5 Å². The second-order valence-electron chi connectivity index (χ2n) is 8.49. The maximum atomic E-state index is 12.9. The molecule has 0 bridgehead atoms. The van der Waals surface area contributed by atoms with E-state index >= 15 is 0 Å². The lowest BCUT2D eigenvalue weighted by molar-refractivity contribution is -0.144. The van der Waals surface area contributed by atoms with Gasteiger partial charge in [0.15, 0.2) is 0 Å². The van der Waals surface area contributed by atoms with Crippen LogP contribution in [0, 0.1) is 0 Å². The highest BCUT2D eigenvalue weighted by atomic mass is 16.5. The van der Waals surface area contributed by atoms with E-state index in [0.29, 0.717) is 6.61 Å². The molecule has 0 saturated carbocycles. The van der Waals surface area contributed by atoms with Gasteiger partial charge in [0.25, 0.3) is 0 Å². The zero-order valence-corrected chi connectivity index (χ0v) is 18.6. The summed E-state index contributed by atoms with van der Waals surface area (Å²) >= 11 is 0. The van der Waals surface area contributed by atoms with Crippen molar-refractivity contribution in [3.8, 4) is 0 Å². The third kappa shape index (κ3) is 2.89. The predicted molar refractivity (Wildman–Crippen MR) is 137 cm³/mol. The minimum Gasteiger partial charge on any atom is -0.465 e. The van der Waals surface area contributed by atoms with Crippen LogP contribution in [0.2, 0.25) is 0 Å². The first-order valence-corrected chi connectivity index (χ1v) is 11.4. The van der Waals surface area contributed by atoms with Crippen LogP contribution in [0.25, 0.3) is 54.0 Å². The predicted octanol–water partition coefficient (Wildman–Crippen LogP) is 7.51. The molecular weight excluding hydrogens is 406 g/mol. The van der Waals surface area contributed by atoms with Crippen molar-refractivity contribution in [2.24, 2.45) is 0 Å². The molecule has 5 aromatic carbocycles. The van der Waals surface area contributed by atoms with Gasteiger partial charge in [0.1, 0.15) is 0 Å². The maximum Gasteiger partial charge on any atom is 0.314 e. The molecule has 0 aliphatic carbocycles. The number of hydrogen-bond donors (Lipinski definition) is 0. The van der Waals surface area contributed by atoms with E-state index in [2.05, 4.69) is 72.8 Å². The van der Waals surface area contributed by atoms with Crippen molar-refractivity contribution in [3.05, 3.63) is 90.6 Å². The Morgan fingerprint density at radius 1 is 0.727 bits per heavy atom. The van der Waals surface area contributed by atoms with E-state index in [-0.39, 0.29) is 5.97 Å². The summed E-state index contributed by atoms with van der Waals surface area (Å²) in [5.74, 6) is -0.733. The number of aromatic nitrogens is 1. The number of ether oxygens (including phenoxy) is 1. The Morgan fingerprint density at radius 2 is 1.30 bits per heavy atom. The molecule has 1 aromatic heterocycles. The monoisotopic (exact) mass is 429 g/mol. The van der Waals surface area contributed by atoms with Gasteiger partial charge in [-0.3, -0.25) is 9.78 Å². The van der Waals surface area contributed by atoms with Crippen molar-refractivity contribution in [1.82, 2.24) is 4.98 Å². The second kappa shape index (κ2) is 7.56. The third-order valence-electron chi connectivity index (χ3n) is 6.64. The molecule has 0 aliphatic rings. The average Bonchev–Trinajstić information content (AvgIpc) is 2.87. The Kier molecular flexibility index (Phi) is 4.51. The molecule has 6 rings (SSSR count). The van der Waals surface area contributed by atoms with E-state index in [9.17, 15) is 4.79 Å². The standard InChI is InChI=1S/C30H23NO2/c1-3-33-30(32)18(2)28-27-24-15-9-7-13-22(24)21-12-6-8-14-23(21)26(27)25-17-16-19-10-4-5-11-20(19)29(25)31-28/h4-18H,3H2,1-2H3/t18-/m0/s1. The first-order valence-electron chi connectivity index (χ1n) is 11.4. The van der Waals surface area contributed by atoms with E-state index in [1.54, 1.807) is 0 Å². The van der Waals surface area contributed by atoms with E-state index in [0.717, 1.165) is 43.5 Å². The van der Waals surface area contributed by atoms with Crippen LogP contribution >= 0.6 is 0 Å². The highest BCUT2D eigenvalue weighted by Gasteiger charge is 2.25. The molecule has 0 radical (unpaired) electrons. The number of fused-ring (bicyclic) bond motifs is 10. The van der Waals surface area contributed by atoms with Gasteiger partial charge in [0, 0.05) is 21.5 Å². The van der Waals surface area contributed by atoms with Crippen LogP contribution in [-0.2, 0) is 9.53 Å². The van der Waals surface area contributed by atoms with Gasteiger partial charge < -0.3 is 4.74 Å². The molecule has 1 atom stereocenters. The SMILES string of the molecule is CCOC(=O)[C@@H](C)c1nc2c3ccccc3ccc2c2c3ccccc3c3ccccc3c12. The molecule has 3 nitrogen and oxygen atoms in total. The topological polar surface area (TPSA) is 39.2 Å². The fourth-order valence-electron chi connectivity index (χ4n) is 5.13. The summed E-state index contributed by atoms with van der Waals surface area (Å²) < 4.78 is 5.43. The van der Waals surface area contributed by atoms with Crippen LogP contribution in [0.15, 0.2) is 84.9 Å². The average molecular weight is 430 g/mol. The van der Waals surface area contributed by atoms with Crippen LogP contribution in [-0.4, -0.2) is 17.6 Å². The Morgan fingerprint density at radius 3 is 1.97 bits per heavy atom. The Hall–Kier alpha value is -3.98. The minimum atomic E-state index is -0.486. The van der Waals surface area contributed by atoms with Crippen molar-refractivity contribution < 1.29 is 9.53 Å². The van der Waals surface area contributed by atoms with Gasteiger partial charge in [0.2, 0.25) is 0 Å². The van der Waals surface area contributed by atoms with Crippen LogP contribution in [0.5, 0.6) is 0 Å². The van der Waals surface area contributed by atoms with Gasteiger partial charge in [-0.2, -0.15) is 0 Å². The van der Waals surface area contributed by atoms with E-state index in [4.69, 9.17) is 9.72 Å². The van der Waals surface area contributed by atoms with Crippen molar-refractivity contribution in [2.45, 2.75) is 19.8 Å². The molecule has 6 aromatic rings. The summed E-state index contributed by atoms with van der Waals surface area (Å²) in [6.45, 7) is 4.09. The summed E-state index contributed by atoms with van der Waals surface area (Å²) in [5.41, 5.74) is 1.70. The van der Waals surface area contributed by atoms with Crippen molar-refractivity contribution in [2.75, 3.05) is 6.61 Å². The summed E-state index contributed by atoms with van der Waals surface area (Å²) in [5, 5.41) is 10.2. The molecule has 0 fully saturated rings. The number of rotatable bonds is 3. The molecule has 0 aliphatic heterocycles. The quantitative estimate of drug-likeness (QED) is 0.216. The van der Waals surface area contributed by atoms with Gasteiger partial charge in [0.05, 0.1) is 23.7 Å². The first kappa shape index (κ1) is 19.7. The Labute approximate surface area is 191 Å². The van der Waals surface area contributed by atoms with Gasteiger partial charge in [-0.15, -0.1) is 0 Å². The summed E-state index contributed by atoms with van der Waals surface area (Å²) in [6.07, 6.45) is 0. The lowest BCUT2D eigenvalue weighted by atomic mass is 9.88. The molecule has 3 heteroatoms. The largest absolute Gasteiger partial charge is 0.465 e. The van der Waals surface area contributed by atoms with Crippen molar-refractivity contribution >= 4 is 60.0 Å². The molecular formula is C30H23NO2. The molecule has 0 N–H and O–H groups in total. The van der Waals surface area contributed by atoms with E-state index < -0.39 is 5.92 Å². The van der Waals surface area contributed by atoms with Gasteiger partial charge >= 0.3 is 5.97 Å². The zero-order valence-electron chi connectivity index (χ0n) is 18.6. The lowest BCUT2D eigenvalue weighted by Gasteiger charge is -2.19. The third-order valence-corrected chi connectivity index (χ3v) is 6.64. The lowest BCUT2D eigenvalue weighted by Crippen LogP contribution is -2.15. The highest BCUT2D eigenvalue weighted by Crippen LogP contribution is 2.42. The fourth-order valence-corrected chi connectivity index (χ4v) is 5.13. The molecule has 1 heterocycles. The van der Waals surface area contributed by atoms with Crippen molar-refractivity contribution in [1.29, 1.82) is 0 Å². The van der Waals surface area contributed by atoms with Crippen LogP contribution < -0.4 is 0 Å². The molecule has 0 amide bonds. The van der Waals surface area contributed by atoms with E-state index in [1.165, 1.54) is 16.2 Å². The van der Waals surface area contributed by atoms with Crippen LogP contribution in [0.3, 0.4) is 0 Å². The molecule has 0 unspecified atom stereocenters. The molecule has 33 heavy (non-hydrogen) atoms. The van der Waals surface area contributed by atoms with E-state index in [1.807, 2.05) is 26.0 Å². The Balaban J connectivity index is 1.92.